The summed E-state index contributed by atoms with van der Waals surface area (Å²) >= 11 is 1.54. The number of nitrogens with one attached hydrogen (secondary N) is 1. The summed E-state index contributed by atoms with van der Waals surface area (Å²) in [7, 11) is 0. The van der Waals surface area contributed by atoms with Crippen molar-refractivity contribution in [2.75, 3.05) is 23.7 Å². The van der Waals surface area contributed by atoms with Crippen LogP contribution >= 0.6 is 11.8 Å². The molecule has 0 unspecified atom stereocenters. The van der Waals surface area contributed by atoms with Crippen molar-refractivity contribution >= 4 is 29.3 Å². The first-order chi connectivity index (χ1) is 9.22. The molecule has 2 amide bonds. The largest absolute Gasteiger partial charge is 0.353 e. The van der Waals surface area contributed by atoms with E-state index < -0.39 is 0 Å². The summed E-state index contributed by atoms with van der Waals surface area (Å²) in [5, 5.41) is 2.71. The van der Waals surface area contributed by atoms with Gasteiger partial charge in [-0.2, -0.15) is 0 Å². The molecule has 4 nitrogen and oxygen atoms in total. The van der Waals surface area contributed by atoms with Gasteiger partial charge in [-0.1, -0.05) is 18.2 Å². The van der Waals surface area contributed by atoms with Gasteiger partial charge in [-0.25, -0.2) is 0 Å². The van der Waals surface area contributed by atoms with Gasteiger partial charge in [0.2, 0.25) is 11.8 Å². The number of carbonyl (C=O) groups excluding carboxylic acids is 2. The molecule has 1 aromatic rings. The minimum Gasteiger partial charge on any atom is -0.353 e. The van der Waals surface area contributed by atoms with Gasteiger partial charge in [-0.05, 0) is 12.1 Å². The van der Waals surface area contributed by atoms with E-state index >= 15 is 0 Å². The van der Waals surface area contributed by atoms with Crippen LogP contribution in [0.3, 0.4) is 0 Å². The zero-order chi connectivity index (χ0) is 13.7. The second kappa shape index (κ2) is 6.43. The number of anilines is 1. The van der Waals surface area contributed by atoms with E-state index in [0.29, 0.717) is 25.3 Å². The van der Waals surface area contributed by atoms with Crippen LogP contribution in [0.5, 0.6) is 0 Å². The van der Waals surface area contributed by atoms with Gasteiger partial charge in [0, 0.05) is 24.4 Å². The standard InChI is InChI=1S/C14H16N2O2S/c1-2-8-15-13(17)7-9-16-11-5-3-4-6-12(11)19-10-14(16)18/h2-6H,1,7-10H2,(H,15,17). The number of nitrogens with zero attached hydrogens (tertiary/aromatic N) is 1. The van der Waals surface area contributed by atoms with Crippen LogP contribution in [0.15, 0.2) is 41.8 Å². The van der Waals surface area contributed by atoms with Crippen molar-refractivity contribution in [3.8, 4) is 0 Å². The average molecular weight is 276 g/mol. The molecule has 1 N–H and O–H groups in total. The van der Waals surface area contributed by atoms with Crippen LogP contribution in [0.4, 0.5) is 5.69 Å². The Morgan fingerprint density at radius 1 is 1.47 bits per heavy atom. The molecule has 5 heteroatoms. The first-order valence-corrected chi connectivity index (χ1v) is 7.10. The van der Waals surface area contributed by atoms with Gasteiger partial charge >= 0.3 is 0 Å². The Hall–Kier alpha value is -1.75. The summed E-state index contributed by atoms with van der Waals surface area (Å²) < 4.78 is 0. The predicted molar refractivity (Wildman–Crippen MR) is 77.3 cm³/mol. The number of hydrogen-bond acceptors (Lipinski definition) is 3. The van der Waals surface area contributed by atoms with Crippen LogP contribution in [0, 0.1) is 0 Å². The van der Waals surface area contributed by atoms with E-state index in [2.05, 4.69) is 11.9 Å². The summed E-state index contributed by atoms with van der Waals surface area (Å²) in [6.07, 6.45) is 1.94. The van der Waals surface area contributed by atoms with Crippen LogP contribution in [-0.4, -0.2) is 30.7 Å². The lowest BCUT2D eigenvalue weighted by Crippen LogP contribution is -2.38. The smallest absolute Gasteiger partial charge is 0.237 e. The van der Waals surface area contributed by atoms with E-state index in [4.69, 9.17) is 0 Å². The highest BCUT2D eigenvalue weighted by molar-refractivity contribution is 8.00. The van der Waals surface area contributed by atoms with Gasteiger partial charge < -0.3 is 10.2 Å². The van der Waals surface area contributed by atoms with Gasteiger partial charge in [0.25, 0.3) is 0 Å². The quantitative estimate of drug-likeness (QED) is 0.835. The molecule has 0 fully saturated rings. The number of thioether (sulfide) groups is 1. The minimum absolute atomic E-state index is 0.0558. The van der Waals surface area contributed by atoms with E-state index in [1.165, 1.54) is 0 Å². The molecule has 0 bridgehead atoms. The molecule has 19 heavy (non-hydrogen) atoms. The molecule has 0 radical (unpaired) electrons. The van der Waals surface area contributed by atoms with E-state index in [-0.39, 0.29) is 11.8 Å². The summed E-state index contributed by atoms with van der Waals surface area (Å²) in [5.74, 6) is 0.425. The Morgan fingerprint density at radius 3 is 3.05 bits per heavy atom. The molecule has 1 aromatic carbocycles. The number of hydrogen-bond donors (Lipinski definition) is 1. The van der Waals surface area contributed by atoms with Gasteiger partial charge in [0.1, 0.15) is 0 Å². The number of benzene rings is 1. The maximum atomic E-state index is 11.9. The van der Waals surface area contributed by atoms with Crippen molar-refractivity contribution in [3.63, 3.8) is 0 Å². The van der Waals surface area contributed by atoms with Crippen molar-refractivity contribution in [3.05, 3.63) is 36.9 Å². The molecule has 0 spiro atoms. The highest BCUT2D eigenvalue weighted by Gasteiger charge is 2.24. The van der Waals surface area contributed by atoms with Crippen LogP contribution in [0.1, 0.15) is 6.42 Å². The lowest BCUT2D eigenvalue weighted by atomic mass is 10.2. The summed E-state index contributed by atoms with van der Waals surface area (Å²) in [6, 6.07) is 7.78. The topological polar surface area (TPSA) is 49.4 Å². The summed E-state index contributed by atoms with van der Waals surface area (Å²) in [4.78, 5) is 26.3. The van der Waals surface area contributed by atoms with Crippen molar-refractivity contribution in [1.29, 1.82) is 0 Å². The number of amides is 2. The maximum absolute atomic E-state index is 11.9. The fraction of sp³-hybridized carbons (Fsp3) is 0.286. The normalized spacial score (nSPS) is 13.9. The summed E-state index contributed by atoms with van der Waals surface area (Å²) in [5.41, 5.74) is 0.903. The highest BCUT2D eigenvalue weighted by atomic mass is 32.2. The lowest BCUT2D eigenvalue weighted by molar-refractivity contribution is -0.120. The molecule has 0 saturated carbocycles. The number of carbonyl (C=O) groups is 2. The van der Waals surface area contributed by atoms with E-state index in [1.807, 2.05) is 24.3 Å². The maximum Gasteiger partial charge on any atom is 0.237 e. The average Bonchev–Trinajstić information content (AvgIpc) is 2.44. The Labute approximate surface area is 116 Å². The van der Waals surface area contributed by atoms with Crippen LogP contribution in [0.25, 0.3) is 0 Å². The van der Waals surface area contributed by atoms with Gasteiger partial charge in [-0.3, -0.25) is 9.59 Å². The van der Waals surface area contributed by atoms with Crippen molar-refractivity contribution in [1.82, 2.24) is 5.32 Å². The molecular weight excluding hydrogens is 260 g/mol. The van der Waals surface area contributed by atoms with Gasteiger partial charge in [-0.15, -0.1) is 18.3 Å². The van der Waals surface area contributed by atoms with Gasteiger partial charge in [0.15, 0.2) is 0 Å². The van der Waals surface area contributed by atoms with Crippen LogP contribution in [0.2, 0.25) is 0 Å². The minimum atomic E-state index is -0.0663. The first-order valence-electron chi connectivity index (χ1n) is 6.12. The fourth-order valence-corrected chi connectivity index (χ4v) is 2.82. The predicted octanol–water partition coefficient (Wildman–Crippen LogP) is 1.82. The monoisotopic (exact) mass is 276 g/mol. The third-order valence-corrected chi connectivity index (χ3v) is 3.86. The van der Waals surface area contributed by atoms with Crippen molar-refractivity contribution < 1.29 is 9.59 Å². The highest BCUT2D eigenvalue weighted by Crippen LogP contribution is 2.34. The van der Waals surface area contributed by atoms with Gasteiger partial charge in [0.05, 0.1) is 11.4 Å². The molecule has 1 heterocycles. The van der Waals surface area contributed by atoms with Crippen LogP contribution < -0.4 is 10.2 Å². The molecule has 1 aliphatic heterocycles. The first kappa shape index (κ1) is 13.7. The Kier molecular flexibility index (Phi) is 4.63. The summed E-state index contributed by atoms with van der Waals surface area (Å²) in [6.45, 7) is 4.42. The number of fused-ring (bicyclic) bond motifs is 1. The van der Waals surface area contributed by atoms with E-state index in [0.717, 1.165) is 10.6 Å². The zero-order valence-electron chi connectivity index (χ0n) is 10.6. The Balaban J connectivity index is 2.01. The second-order valence-corrected chi connectivity index (χ2v) is 5.16. The fourth-order valence-electron chi connectivity index (χ4n) is 1.89. The Morgan fingerprint density at radius 2 is 2.26 bits per heavy atom. The van der Waals surface area contributed by atoms with E-state index in [9.17, 15) is 9.59 Å². The third kappa shape index (κ3) is 3.38. The molecule has 0 atom stereocenters. The molecule has 0 aliphatic carbocycles. The molecular formula is C14H16N2O2S. The Bertz CT molecular complexity index is 502. The third-order valence-electron chi connectivity index (χ3n) is 2.81. The SMILES string of the molecule is C=CCNC(=O)CCN1C(=O)CSc2ccccc21. The van der Waals surface area contributed by atoms with Crippen LogP contribution in [-0.2, 0) is 9.59 Å². The lowest BCUT2D eigenvalue weighted by Gasteiger charge is -2.28. The molecule has 2 rings (SSSR count). The molecule has 0 aromatic heterocycles. The molecule has 0 saturated heterocycles. The zero-order valence-corrected chi connectivity index (χ0v) is 11.4. The number of rotatable bonds is 5. The second-order valence-electron chi connectivity index (χ2n) is 4.14. The molecule has 100 valence electrons. The number of para-hydroxylation sites is 1. The van der Waals surface area contributed by atoms with Crippen molar-refractivity contribution in [2.45, 2.75) is 11.3 Å². The van der Waals surface area contributed by atoms with E-state index in [1.54, 1.807) is 22.7 Å². The van der Waals surface area contributed by atoms with Crippen molar-refractivity contribution in [2.24, 2.45) is 0 Å². The molecule has 1 aliphatic rings.